The Morgan fingerprint density at radius 3 is 2.33 bits per heavy atom. The van der Waals surface area contributed by atoms with E-state index in [-0.39, 0.29) is 23.1 Å². The van der Waals surface area contributed by atoms with E-state index in [4.69, 9.17) is 16.3 Å². The molecule has 3 rings (SSSR count). The van der Waals surface area contributed by atoms with E-state index >= 15 is 0 Å². The Balaban J connectivity index is 1.86. The molecule has 3 aromatic carbocycles. The Bertz CT molecular complexity index is 943. The molecule has 3 nitrogen and oxygen atoms in total. The summed E-state index contributed by atoms with van der Waals surface area (Å²) in [6.45, 7) is 1.85. The van der Waals surface area contributed by atoms with Crippen LogP contribution in [0.15, 0.2) is 66.7 Å². The van der Waals surface area contributed by atoms with Crippen LogP contribution in [0.25, 0.3) is 0 Å². The van der Waals surface area contributed by atoms with Crippen molar-refractivity contribution in [3.63, 3.8) is 0 Å². The lowest BCUT2D eigenvalue weighted by atomic mass is 10.1. The minimum atomic E-state index is -0.775. The molecule has 0 unspecified atom stereocenters. The molecular formula is C21H16ClF2NO2. The van der Waals surface area contributed by atoms with E-state index in [1.54, 1.807) is 0 Å². The molecular weight excluding hydrogens is 372 g/mol. The topological polar surface area (TPSA) is 38.3 Å². The molecule has 0 bridgehead atoms. The van der Waals surface area contributed by atoms with Gasteiger partial charge in [-0.25, -0.2) is 8.78 Å². The maximum atomic E-state index is 13.4. The third kappa shape index (κ3) is 4.83. The van der Waals surface area contributed by atoms with Gasteiger partial charge in [0, 0.05) is 23.2 Å². The molecule has 0 saturated heterocycles. The van der Waals surface area contributed by atoms with Crippen molar-refractivity contribution in [1.29, 1.82) is 0 Å². The summed E-state index contributed by atoms with van der Waals surface area (Å²) in [6, 6.07) is 16.5. The molecule has 6 heteroatoms. The van der Waals surface area contributed by atoms with Crippen molar-refractivity contribution in [1.82, 2.24) is 5.32 Å². The highest BCUT2D eigenvalue weighted by atomic mass is 35.5. The van der Waals surface area contributed by atoms with Gasteiger partial charge in [0.05, 0.1) is 11.6 Å². The Labute approximate surface area is 160 Å². The van der Waals surface area contributed by atoms with Crippen LogP contribution in [-0.4, -0.2) is 5.91 Å². The van der Waals surface area contributed by atoms with E-state index in [0.717, 1.165) is 23.8 Å². The molecule has 0 heterocycles. The fourth-order valence-corrected chi connectivity index (χ4v) is 2.75. The lowest BCUT2D eigenvalue weighted by Crippen LogP contribution is -2.27. The second kappa shape index (κ2) is 8.18. The van der Waals surface area contributed by atoms with Gasteiger partial charge in [0.25, 0.3) is 5.91 Å². The zero-order valence-electron chi connectivity index (χ0n) is 14.4. The predicted molar refractivity (Wildman–Crippen MR) is 100 cm³/mol. The van der Waals surface area contributed by atoms with Crippen LogP contribution < -0.4 is 10.1 Å². The van der Waals surface area contributed by atoms with Crippen LogP contribution in [0.1, 0.15) is 28.9 Å². The monoisotopic (exact) mass is 387 g/mol. The highest BCUT2D eigenvalue weighted by molar-refractivity contribution is 6.31. The van der Waals surface area contributed by atoms with Crippen LogP contribution in [0.5, 0.6) is 11.5 Å². The maximum absolute atomic E-state index is 13.4. The molecule has 138 valence electrons. The normalized spacial score (nSPS) is 11.7. The van der Waals surface area contributed by atoms with E-state index in [2.05, 4.69) is 5.32 Å². The molecule has 0 aliphatic heterocycles. The second-order valence-corrected chi connectivity index (χ2v) is 6.39. The summed E-state index contributed by atoms with van der Waals surface area (Å²) < 4.78 is 32.3. The number of ether oxygens (including phenoxy) is 1. The molecule has 0 saturated carbocycles. The number of halogens is 3. The number of carbonyl (C=O) groups is 1. The SMILES string of the molecule is C[C@H](NC(=O)c1cc(Cl)ccc1Oc1cc(F)cc(F)c1)c1ccccc1. The number of nitrogens with one attached hydrogen (secondary N) is 1. The summed E-state index contributed by atoms with van der Waals surface area (Å²) >= 11 is 6.01. The van der Waals surface area contributed by atoms with Crippen LogP contribution in [0, 0.1) is 11.6 Å². The molecule has 1 N–H and O–H groups in total. The summed E-state index contributed by atoms with van der Waals surface area (Å²) in [4.78, 5) is 12.7. The standard InChI is InChI=1S/C21H16ClF2NO2/c1-13(14-5-3-2-4-6-14)25-21(26)19-9-15(22)7-8-20(19)27-18-11-16(23)10-17(24)12-18/h2-13H,1H3,(H,25,26)/t13-/m0/s1. The molecule has 1 atom stereocenters. The van der Waals surface area contributed by atoms with Crippen LogP contribution in [0.4, 0.5) is 8.78 Å². The van der Waals surface area contributed by atoms with Crippen LogP contribution >= 0.6 is 11.6 Å². The molecule has 27 heavy (non-hydrogen) atoms. The quantitative estimate of drug-likeness (QED) is 0.591. The van der Waals surface area contributed by atoms with Gasteiger partial charge in [-0.3, -0.25) is 4.79 Å². The van der Waals surface area contributed by atoms with Crippen molar-refractivity contribution < 1.29 is 18.3 Å². The first-order valence-electron chi connectivity index (χ1n) is 8.21. The molecule has 0 aromatic heterocycles. The van der Waals surface area contributed by atoms with E-state index in [0.29, 0.717) is 5.02 Å². The molecule has 1 amide bonds. The molecule has 0 radical (unpaired) electrons. The zero-order chi connectivity index (χ0) is 19.4. The largest absolute Gasteiger partial charge is 0.456 e. The molecule has 0 spiro atoms. The second-order valence-electron chi connectivity index (χ2n) is 5.95. The van der Waals surface area contributed by atoms with Gasteiger partial charge in [-0.2, -0.15) is 0 Å². The Morgan fingerprint density at radius 1 is 1.00 bits per heavy atom. The van der Waals surface area contributed by atoms with Crippen molar-refractivity contribution in [2.45, 2.75) is 13.0 Å². The average molecular weight is 388 g/mol. The minimum absolute atomic E-state index is 0.0556. The Kier molecular flexibility index (Phi) is 5.72. The lowest BCUT2D eigenvalue weighted by Gasteiger charge is -2.16. The van der Waals surface area contributed by atoms with E-state index in [9.17, 15) is 13.6 Å². The number of benzene rings is 3. The molecule has 3 aromatic rings. The van der Waals surface area contributed by atoms with E-state index in [1.807, 2.05) is 37.3 Å². The van der Waals surface area contributed by atoms with Gasteiger partial charge < -0.3 is 10.1 Å². The summed E-state index contributed by atoms with van der Waals surface area (Å²) in [6.07, 6.45) is 0. The summed E-state index contributed by atoms with van der Waals surface area (Å²) in [5.74, 6) is -1.88. The number of hydrogen-bond acceptors (Lipinski definition) is 2. The van der Waals surface area contributed by atoms with Crippen molar-refractivity contribution in [2.24, 2.45) is 0 Å². The number of rotatable bonds is 5. The van der Waals surface area contributed by atoms with Gasteiger partial charge in [0.1, 0.15) is 23.1 Å². The number of carbonyl (C=O) groups excluding carboxylic acids is 1. The number of amides is 1. The van der Waals surface area contributed by atoms with Gasteiger partial charge in [-0.15, -0.1) is 0 Å². The first-order chi connectivity index (χ1) is 12.9. The summed E-state index contributed by atoms with van der Waals surface area (Å²) in [5.41, 5.74) is 1.09. The first-order valence-corrected chi connectivity index (χ1v) is 8.59. The van der Waals surface area contributed by atoms with Crippen molar-refractivity contribution in [3.8, 4) is 11.5 Å². The van der Waals surface area contributed by atoms with Gasteiger partial charge >= 0.3 is 0 Å². The summed E-state index contributed by atoms with van der Waals surface area (Å²) in [5, 5.41) is 3.20. The lowest BCUT2D eigenvalue weighted by molar-refractivity contribution is 0.0937. The van der Waals surface area contributed by atoms with E-state index in [1.165, 1.54) is 18.2 Å². The Morgan fingerprint density at radius 2 is 1.67 bits per heavy atom. The minimum Gasteiger partial charge on any atom is -0.456 e. The maximum Gasteiger partial charge on any atom is 0.255 e. The van der Waals surface area contributed by atoms with Crippen molar-refractivity contribution in [3.05, 3.63) is 94.5 Å². The van der Waals surface area contributed by atoms with Gasteiger partial charge in [0.15, 0.2) is 0 Å². The molecule has 0 aliphatic rings. The van der Waals surface area contributed by atoms with Crippen LogP contribution in [0.2, 0.25) is 5.02 Å². The van der Waals surface area contributed by atoms with Crippen molar-refractivity contribution >= 4 is 17.5 Å². The van der Waals surface area contributed by atoms with Crippen molar-refractivity contribution in [2.75, 3.05) is 0 Å². The average Bonchev–Trinajstić information content (AvgIpc) is 2.63. The smallest absolute Gasteiger partial charge is 0.255 e. The highest BCUT2D eigenvalue weighted by Gasteiger charge is 2.17. The first kappa shape index (κ1) is 18.9. The van der Waals surface area contributed by atoms with Gasteiger partial charge in [-0.05, 0) is 30.7 Å². The summed E-state index contributed by atoms with van der Waals surface area (Å²) in [7, 11) is 0. The molecule has 0 fully saturated rings. The number of hydrogen-bond donors (Lipinski definition) is 1. The highest BCUT2D eigenvalue weighted by Crippen LogP contribution is 2.29. The molecule has 0 aliphatic carbocycles. The third-order valence-electron chi connectivity index (χ3n) is 3.90. The zero-order valence-corrected chi connectivity index (χ0v) is 15.1. The van der Waals surface area contributed by atoms with E-state index < -0.39 is 17.5 Å². The van der Waals surface area contributed by atoms with Gasteiger partial charge in [-0.1, -0.05) is 41.9 Å². The fourth-order valence-electron chi connectivity index (χ4n) is 2.58. The third-order valence-corrected chi connectivity index (χ3v) is 4.13. The van der Waals surface area contributed by atoms with Gasteiger partial charge in [0.2, 0.25) is 0 Å². The predicted octanol–water partition coefficient (Wildman–Crippen LogP) is 5.90. The Hall–Kier alpha value is -2.92. The fraction of sp³-hybridized carbons (Fsp3) is 0.0952. The van der Waals surface area contributed by atoms with Crippen LogP contribution in [0.3, 0.4) is 0 Å². The van der Waals surface area contributed by atoms with Crippen LogP contribution in [-0.2, 0) is 0 Å².